The summed E-state index contributed by atoms with van der Waals surface area (Å²) in [6.45, 7) is 10.6. The minimum Gasteiger partial charge on any atom is -0.314 e. The van der Waals surface area contributed by atoms with Crippen molar-refractivity contribution < 1.29 is 0 Å². The maximum Gasteiger partial charge on any atom is 0.0143 e. The first kappa shape index (κ1) is 16.0. The third kappa shape index (κ3) is 4.33. The minimum absolute atomic E-state index is 0.492. The molecule has 0 amide bonds. The van der Waals surface area contributed by atoms with Gasteiger partial charge < -0.3 is 5.32 Å². The number of hydrogen-bond acceptors (Lipinski definition) is 2. The van der Waals surface area contributed by atoms with Gasteiger partial charge in [-0.3, -0.25) is 0 Å². The Bertz CT molecular complexity index is 369. The third-order valence-electron chi connectivity index (χ3n) is 5.03. The molecular formula is C18H31NS. The van der Waals surface area contributed by atoms with E-state index in [-0.39, 0.29) is 0 Å². The highest BCUT2D eigenvalue weighted by Gasteiger charge is 2.32. The summed E-state index contributed by atoms with van der Waals surface area (Å²) < 4.78 is 0. The molecule has 1 fully saturated rings. The van der Waals surface area contributed by atoms with Crippen molar-refractivity contribution in [2.45, 2.75) is 65.8 Å². The fraction of sp³-hybridized carbons (Fsp3) is 0.778. The zero-order valence-corrected chi connectivity index (χ0v) is 14.4. The summed E-state index contributed by atoms with van der Waals surface area (Å²) in [5.74, 6) is 1.79. The Labute approximate surface area is 129 Å². The number of thiophene rings is 1. The van der Waals surface area contributed by atoms with Gasteiger partial charge in [-0.25, -0.2) is 0 Å². The zero-order chi connectivity index (χ0) is 14.6. The summed E-state index contributed by atoms with van der Waals surface area (Å²) in [6, 6.07) is 5.15. The van der Waals surface area contributed by atoms with Gasteiger partial charge in [0.05, 0.1) is 0 Å². The molecule has 0 aromatic carbocycles. The van der Waals surface area contributed by atoms with Gasteiger partial charge in [0.1, 0.15) is 0 Å². The van der Waals surface area contributed by atoms with Crippen LogP contribution in [0, 0.1) is 17.3 Å². The normalized spacial score (nSPS) is 25.6. The van der Waals surface area contributed by atoms with Crippen LogP contribution >= 0.6 is 11.3 Å². The van der Waals surface area contributed by atoms with Gasteiger partial charge >= 0.3 is 0 Å². The summed E-state index contributed by atoms with van der Waals surface area (Å²) in [7, 11) is 0. The van der Waals surface area contributed by atoms with Gasteiger partial charge in [-0.2, -0.15) is 0 Å². The first-order valence-electron chi connectivity index (χ1n) is 8.26. The van der Waals surface area contributed by atoms with Gasteiger partial charge in [-0.15, -0.1) is 11.3 Å². The third-order valence-corrected chi connectivity index (χ3v) is 5.93. The lowest BCUT2D eigenvalue weighted by Crippen LogP contribution is -2.40. The topological polar surface area (TPSA) is 12.0 Å². The second-order valence-corrected chi connectivity index (χ2v) is 8.46. The zero-order valence-electron chi connectivity index (χ0n) is 13.6. The molecule has 1 atom stereocenters. The fourth-order valence-corrected chi connectivity index (χ4v) is 4.47. The van der Waals surface area contributed by atoms with Crippen molar-refractivity contribution in [2.75, 3.05) is 6.54 Å². The highest BCUT2D eigenvalue weighted by atomic mass is 32.1. The summed E-state index contributed by atoms with van der Waals surface area (Å²) in [4.78, 5) is 1.54. The molecule has 1 aliphatic carbocycles. The van der Waals surface area contributed by atoms with Crippen LogP contribution in [-0.2, 0) is 6.42 Å². The minimum atomic E-state index is 0.492. The first-order chi connectivity index (χ1) is 9.50. The lowest BCUT2D eigenvalue weighted by atomic mass is 9.68. The smallest absolute Gasteiger partial charge is 0.0143 e. The molecule has 2 rings (SSSR count). The molecule has 1 N–H and O–H groups in total. The van der Waals surface area contributed by atoms with E-state index in [4.69, 9.17) is 0 Å². The molecule has 1 saturated carbocycles. The van der Waals surface area contributed by atoms with Crippen LogP contribution in [-0.4, -0.2) is 12.6 Å². The Morgan fingerprint density at radius 1 is 1.25 bits per heavy atom. The van der Waals surface area contributed by atoms with Crippen molar-refractivity contribution >= 4 is 11.3 Å². The average molecular weight is 294 g/mol. The van der Waals surface area contributed by atoms with Gasteiger partial charge in [0.25, 0.3) is 0 Å². The molecule has 0 bridgehead atoms. The number of hydrogen-bond donors (Lipinski definition) is 1. The van der Waals surface area contributed by atoms with Crippen molar-refractivity contribution in [3.8, 4) is 0 Å². The van der Waals surface area contributed by atoms with Crippen LogP contribution in [0.1, 0.15) is 58.3 Å². The molecule has 20 heavy (non-hydrogen) atoms. The van der Waals surface area contributed by atoms with Gasteiger partial charge in [-0.05, 0) is 67.3 Å². The van der Waals surface area contributed by atoms with E-state index in [0.717, 1.165) is 18.4 Å². The second kappa shape index (κ2) is 7.09. The fourth-order valence-electron chi connectivity index (χ4n) is 3.70. The van der Waals surface area contributed by atoms with Crippen LogP contribution in [0.4, 0.5) is 0 Å². The van der Waals surface area contributed by atoms with Crippen molar-refractivity contribution in [1.82, 2.24) is 5.32 Å². The van der Waals surface area contributed by atoms with Crippen molar-refractivity contribution in [3.63, 3.8) is 0 Å². The Morgan fingerprint density at radius 3 is 2.45 bits per heavy atom. The molecule has 1 heterocycles. The van der Waals surface area contributed by atoms with Crippen molar-refractivity contribution in [1.29, 1.82) is 0 Å². The summed E-state index contributed by atoms with van der Waals surface area (Å²) in [5.41, 5.74) is 0.492. The largest absolute Gasteiger partial charge is 0.314 e. The quantitative estimate of drug-likeness (QED) is 0.794. The Kier molecular flexibility index (Phi) is 5.68. The standard InChI is InChI=1S/C18H31NS/c1-5-19-17(13-16-7-6-12-20-16)14-8-10-15(11-9-14)18(2,3)4/h6-7,12,14-15,17,19H,5,8-11,13H2,1-4H3. The van der Waals surface area contributed by atoms with Crippen LogP contribution in [0.5, 0.6) is 0 Å². The van der Waals surface area contributed by atoms with E-state index < -0.39 is 0 Å². The summed E-state index contributed by atoms with van der Waals surface area (Å²) in [5, 5.41) is 5.95. The van der Waals surface area contributed by atoms with E-state index in [1.807, 2.05) is 11.3 Å². The van der Waals surface area contributed by atoms with Gasteiger partial charge in [0.2, 0.25) is 0 Å². The maximum absolute atomic E-state index is 3.75. The van der Waals surface area contributed by atoms with E-state index >= 15 is 0 Å². The van der Waals surface area contributed by atoms with E-state index in [2.05, 4.69) is 50.5 Å². The van der Waals surface area contributed by atoms with Crippen molar-refractivity contribution in [2.24, 2.45) is 17.3 Å². The monoisotopic (exact) mass is 293 g/mol. The Balaban J connectivity index is 1.91. The van der Waals surface area contributed by atoms with Crippen LogP contribution < -0.4 is 5.32 Å². The molecule has 1 aromatic heterocycles. The van der Waals surface area contributed by atoms with Crippen LogP contribution in [0.2, 0.25) is 0 Å². The number of likely N-dealkylation sites (N-methyl/N-ethyl adjacent to an activating group) is 1. The molecular weight excluding hydrogens is 262 g/mol. The van der Waals surface area contributed by atoms with Gasteiger partial charge in [0, 0.05) is 10.9 Å². The van der Waals surface area contributed by atoms with Crippen LogP contribution in [0.25, 0.3) is 0 Å². The molecule has 2 heteroatoms. The lowest BCUT2D eigenvalue weighted by Gasteiger charge is -2.39. The van der Waals surface area contributed by atoms with E-state index in [0.29, 0.717) is 11.5 Å². The van der Waals surface area contributed by atoms with E-state index in [1.165, 1.54) is 37.0 Å². The van der Waals surface area contributed by atoms with Gasteiger partial charge in [0.15, 0.2) is 0 Å². The maximum atomic E-state index is 3.75. The van der Waals surface area contributed by atoms with Crippen LogP contribution in [0.3, 0.4) is 0 Å². The number of rotatable bonds is 5. The molecule has 0 spiro atoms. The highest BCUT2D eigenvalue weighted by molar-refractivity contribution is 7.09. The second-order valence-electron chi connectivity index (χ2n) is 7.43. The Hall–Kier alpha value is -0.340. The predicted octanol–water partition coefficient (Wildman–Crippen LogP) is 5.12. The van der Waals surface area contributed by atoms with Gasteiger partial charge in [-0.1, -0.05) is 33.8 Å². The van der Waals surface area contributed by atoms with E-state index in [1.54, 1.807) is 0 Å². The number of nitrogens with one attached hydrogen (secondary N) is 1. The van der Waals surface area contributed by atoms with E-state index in [9.17, 15) is 0 Å². The van der Waals surface area contributed by atoms with Crippen molar-refractivity contribution in [3.05, 3.63) is 22.4 Å². The summed E-state index contributed by atoms with van der Waals surface area (Å²) in [6.07, 6.45) is 6.87. The predicted molar refractivity (Wildman–Crippen MR) is 90.4 cm³/mol. The molecule has 1 nitrogen and oxygen atoms in total. The molecule has 0 radical (unpaired) electrons. The highest BCUT2D eigenvalue weighted by Crippen LogP contribution is 2.41. The molecule has 0 saturated heterocycles. The lowest BCUT2D eigenvalue weighted by molar-refractivity contribution is 0.133. The first-order valence-corrected chi connectivity index (χ1v) is 9.14. The average Bonchev–Trinajstić information content (AvgIpc) is 2.90. The molecule has 1 aliphatic rings. The Morgan fingerprint density at radius 2 is 1.95 bits per heavy atom. The molecule has 0 aliphatic heterocycles. The van der Waals surface area contributed by atoms with Crippen LogP contribution in [0.15, 0.2) is 17.5 Å². The summed E-state index contributed by atoms with van der Waals surface area (Å²) >= 11 is 1.91. The molecule has 114 valence electrons. The SMILES string of the molecule is CCNC(Cc1cccs1)C1CCC(C(C)(C)C)CC1. The molecule has 1 aromatic rings. The molecule has 1 unspecified atom stereocenters.